The van der Waals surface area contributed by atoms with Crippen molar-refractivity contribution < 1.29 is 9.59 Å². The lowest BCUT2D eigenvalue weighted by atomic mass is 9.85. The number of thioether (sulfide) groups is 1. The van der Waals surface area contributed by atoms with Crippen LogP contribution in [0.25, 0.3) is 0 Å². The van der Waals surface area contributed by atoms with Crippen molar-refractivity contribution in [2.24, 2.45) is 5.92 Å². The number of fused-ring (bicyclic) bond motifs is 1. The van der Waals surface area contributed by atoms with Gasteiger partial charge in [-0.1, -0.05) is 29.9 Å². The zero-order valence-corrected chi connectivity index (χ0v) is 16.3. The van der Waals surface area contributed by atoms with Crippen LogP contribution >= 0.6 is 23.1 Å². The van der Waals surface area contributed by atoms with Gasteiger partial charge in [-0.25, -0.2) is 4.98 Å². The van der Waals surface area contributed by atoms with Gasteiger partial charge in [-0.05, 0) is 31.2 Å². The molecule has 1 aliphatic carbocycles. The minimum absolute atomic E-state index is 0.0639. The van der Waals surface area contributed by atoms with Gasteiger partial charge in [0.2, 0.25) is 5.91 Å². The molecule has 1 N–H and O–H groups in total. The van der Waals surface area contributed by atoms with Gasteiger partial charge in [-0.15, -0.1) is 11.8 Å². The van der Waals surface area contributed by atoms with Crippen LogP contribution in [-0.4, -0.2) is 34.5 Å². The molecule has 2 heterocycles. The lowest BCUT2D eigenvalue weighted by Gasteiger charge is -2.26. The van der Waals surface area contributed by atoms with E-state index in [0.29, 0.717) is 18.2 Å². The van der Waals surface area contributed by atoms with Gasteiger partial charge in [0.25, 0.3) is 5.91 Å². The van der Waals surface area contributed by atoms with Crippen molar-refractivity contribution in [1.82, 2.24) is 9.88 Å². The maximum Gasteiger partial charge on any atom is 0.255 e. The fraction of sp³-hybridized carbons (Fsp3) is 0.421. The Kier molecular flexibility index (Phi) is 5.00. The van der Waals surface area contributed by atoms with Crippen LogP contribution in [-0.2, 0) is 17.8 Å². The van der Waals surface area contributed by atoms with Gasteiger partial charge in [-0.2, -0.15) is 0 Å². The van der Waals surface area contributed by atoms with Crippen molar-refractivity contribution in [2.45, 2.75) is 37.1 Å². The molecule has 0 unspecified atom stereocenters. The first-order valence-electron chi connectivity index (χ1n) is 8.87. The molecule has 26 heavy (non-hydrogen) atoms. The number of carbonyl (C=O) groups is 2. The minimum atomic E-state index is 0.0639. The fourth-order valence-electron chi connectivity index (χ4n) is 3.29. The summed E-state index contributed by atoms with van der Waals surface area (Å²) in [5.74, 6) is 0.301. The number of nitrogens with zero attached hydrogens (tertiary/aromatic N) is 2. The Hall–Kier alpha value is -1.86. The third kappa shape index (κ3) is 3.38. The number of hydrogen-bond acceptors (Lipinski definition) is 5. The first-order chi connectivity index (χ1) is 12.7. The van der Waals surface area contributed by atoms with Crippen LogP contribution in [0.1, 0.15) is 40.2 Å². The van der Waals surface area contributed by atoms with E-state index in [2.05, 4.69) is 10.3 Å². The molecular weight excluding hydrogens is 366 g/mol. The average molecular weight is 388 g/mol. The second-order valence-corrected chi connectivity index (χ2v) is 8.61. The van der Waals surface area contributed by atoms with Crippen LogP contribution in [0.5, 0.6) is 0 Å². The number of carbonyl (C=O) groups excluding carboxylic acids is 2. The fourth-order valence-corrected chi connectivity index (χ4v) is 4.91. The number of aromatic nitrogens is 1. The summed E-state index contributed by atoms with van der Waals surface area (Å²) in [6, 6.07) is 7.73. The largest absolute Gasteiger partial charge is 0.333 e. The standard InChI is InChI=1S/C19H21N3O2S2/c1-25-15-8-3-2-7-13(15)18(24)22-10-9-14-16(11-22)26-19(20-14)21-17(23)12-5-4-6-12/h2-3,7-8,12H,4-6,9-11H2,1H3,(H,20,21,23). The quantitative estimate of drug-likeness (QED) is 0.811. The van der Waals surface area contributed by atoms with Gasteiger partial charge < -0.3 is 10.2 Å². The van der Waals surface area contributed by atoms with Gasteiger partial charge in [0.15, 0.2) is 5.13 Å². The van der Waals surface area contributed by atoms with Crippen LogP contribution in [0.15, 0.2) is 29.2 Å². The summed E-state index contributed by atoms with van der Waals surface area (Å²) in [5, 5.41) is 3.63. The van der Waals surface area contributed by atoms with Crippen LogP contribution in [0, 0.1) is 5.92 Å². The van der Waals surface area contributed by atoms with Crippen molar-refractivity contribution in [1.29, 1.82) is 0 Å². The number of rotatable bonds is 4. The highest BCUT2D eigenvalue weighted by Gasteiger charge is 2.28. The molecule has 1 aromatic heterocycles. The Bertz CT molecular complexity index is 845. The van der Waals surface area contributed by atoms with Crippen LogP contribution in [0.2, 0.25) is 0 Å². The average Bonchev–Trinajstić information content (AvgIpc) is 3.00. The summed E-state index contributed by atoms with van der Waals surface area (Å²) in [6.45, 7) is 1.22. The Labute approximate surface area is 161 Å². The molecule has 4 rings (SSSR count). The van der Waals surface area contributed by atoms with E-state index in [9.17, 15) is 9.59 Å². The summed E-state index contributed by atoms with van der Waals surface area (Å²) in [4.78, 5) is 33.6. The van der Waals surface area contributed by atoms with E-state index in [1.54, 1.807) is 11.8 Å². The number of anilines is 1. The molecule has 2 aliphatic rings. The highest BCUT2D eigenvalue weighted by Crippen LogP contribution is 2.32. The molecule has 2 amide bonds. The summed E-state index contributed by atoms with van der Waals surface area (Å²) in [6.07, 6.45) is 5.82. The monoisotopic (exact) mass is 387 g/mol. The van der Waals surface area contributed by atoms with Crippen molar-refractivity contribution in [3.63, 3.8) is 0 Å². The molecule has 0 spiro atoms. The maximum absolute atomic E-state index is 12.9. The second-order valence-electron chi connectivity index (χ2n) is 6.68. The van der Waals surface area contributed by atoms with Gasteiger partial charge in [0.1, 0.15) is 0 Å². The maximum atomic E-state index is 12.9. The van der Waals surface area contributed by atoms with E-state index < -0.39 is 0 Å². The highest BCUT2D eigenvalue weighted by molar-refractivity contribution is 7.98. The molecule has 5 nitrogen and oxygen atoms in total. The molecule has 1 aliphatic heterocycles. The molecule has 0 saturated heterocycles. The van der Waals surface area contributed by atoms with E-state index in [1.165, 1.54) is 11.3 Å². The zero-order valence-electron chi connectivity index (χ0n) is 14.7. The third-order valence-electron chi connectivity index (χ3n) is 5.06. The Balaban J connectivity index is 1.47. The Morgan fingerprint density at radius 2 is 2.12 bits per heavy atom. The summed E-state index contributed by atoms with van der Waals surface area (Å²) in [7, 11) is 0. The predicted octanol–water partition coefficient (Wildman–Crippen LogP) is 3.80. The summed E-state index contributed by atoms with van der Waals surface area (Å²) >= 11 is 3.09. The second kappa shape index (κ2) is 7.40. The molecule has 1 fully saturated rings. The smallest absolute Gasteiger partial charge is 0.255 e. The summed E-state index contributed by atoms with van der Waals surface area (Å²) in [5.41, 5.74) is 1.77. The minimum Gasteiger partial charge on any atom is -0.333 e. The van der Waals surface area contributed by atoms with Gasteiger partial charge in [0, 0.05) is 28.7 Å². The van der Waals surface area contributed by atoms with Crippen molar-refractivity contribution in [3.05, 3.63) is 40.4 Å². The molecule has 0 bridgehead atoms. The van der Waals surface area contributed by atoms with E-state index in [4.69, 9.17) is 0 Å². The van der Waals surface area contributed by atoms with E-state index >= 15 is 0 Å². The third-order valence-corrected chi connectivity index (χ3v) is 6.86. The van der Waals surface area contributed by atoms with Crippen LogP contribution in [0.3, 0.4) is 0 Å². The van der Waals surface area contributed by atoms with Gasteiger partial charge >= 0.3 is 0 Å². The Morgan fingerprint density at radius 1 is 1.31 bits per heavy atom. The van der Waals surface area contributed by atoms with Crippen molar-refractivity contribution in [3.8, 4) is 0 Å². The van der Waals surface area contributed by atoms with Crippen molar-refractivity contribution in [2.75, 3.05) is 18.1 Å². The molecule has 7 heteroatoms. The number of nitrogens with one attached hydrogen (secondary N) is 1. The van der Waals surface area contributed by atoms with E-state index in [-0.39, 0.29) is 17.7 Å². The molecule has 1 aromatic carbocycles. The lowest BCUT2D eigenvalue weighted by molar-refractivity contribution is -0.122. The Morgan fingerprint density at radius 3 is 2.85 bits per heavy atom. The topological polar surface area (TPSA) is 62.3 Å². The first-order valence-corrected chi connectivity index (χ1v) is 10.9. The predicted molar refractivity (Wildman–Crippen MR) is 105 cm³/mol. The van der Waals surface area contributed by atoms with Gasteiger partial charge in [-0.3, -0.25) is 9.59 Å². The molecule has 0 radical (unpaired) electrons. The number of hydrogen-bond donors (Lipinski definition) is 1. The SMILES string of the molecule is CSc1ccccc1C(=O)N1CCc2nc(NC(=O)C3CCC3)sc2C1. The number of amides is 2. The molecular formula is C19H21N3O2S2. The molecule has 136 valence electrons. The van der Waals surface area contributed by atoms with Crippen molar-refractivity contribution >= 4 is 40.0 Å². The first kappa shape index (κ1) is 17.5. The molecule has 2 aromatic rings. The van der Waals surface area contributed by atoms with Crippen LogP contribution in [0.4, 0.5) is 5.13 Å². The lowest BCUT2D eigenvalue weighted by Crippen LogP contribution is -2.35. The molecule has 1 saturated carbocycles. The normalized spacial score (nSPS) is 16.7. The van der Waals surface area contributed by atoms with E-state index in [1.807, 2.05) is 35.4 Å². The number of benzene rings is 1. The molecule has 0 atom stereocenters. The summed E-state index contributed by atoms with van der Waals surface area (Å²) < 4.78 is 0. The van der Waals surface area contributed by atoms with Gasteiger partial charge in [0.05, 0.1) is 17.8 Å². The zero-order chi connectivity index (χ0) is 18.1. The highest BCUT2D eigenvalue weighted by atomic mass is 32.2. The number of thiazole rings is 1. The van der Waals surface area contributed by atoms with E-state index in [0.717, 1.165) is 46.7 Å². The van der Waals surface area contributed by atoms with Crippen LogP contribution < -0.4 is 5.32 Å².